The van der Waals surface area contributed by atoms with E-state index in [1.807, 2.05) is 42.7 Å². The van der Waals surface area contributed by atoms with Crippen LogP contribution in [0.1, 0.15) is 17.5 Å². The monoisotopic (exact) mass is 436 g/mol. The maximum absolute atomic E-state index is 11.2. The number of aryl methyl sites for hydroxylation is 2. The number of sulfonamides is 1. The second-order valence-electron chi connectivity index (χ2n) is 6.48. The summed E-state index contributed by atoms with van der Waals surface area (Å²) >= 11 is 7.85. The standard InChI is InChI=1S/C19H21ClN4O2S2/c1-13-8-9-14(2)17(12-13)24-18(15-6-3-4-7-16(15)20)22-23-19(24)27-10-5-11-28(21,25)26/h3-4,6-9,12H,5,10-11H2,1-2H3,(H2,21,25,26). The molecule has 0 spiro atoms. The highest BCUT2D eigenvalue weighted by Gasteiger charge is 2.19. The summed E-state index contributed by atoms with van der Waals surface area (Å²) in [6.45, 7) is 4.06. The summed E-state index contributed by atoms with van der Waals surface area (Å²) in [5, 5.41) is 15.1. The molecule has 0 saturated heterocycles. The molecular formula is C19H21ClN4O2S2. The molecule has 1 aromatic heterocycles. The molecule has 3 aromatic rings. The van der Waals surface area contributed by atoms with Gasteiger partial charge >= 0.3 is 0 Å². The SMILES string of the molecule is Cc1ccc(C)c(-n2c(SCCCS(N)(=O)=O)nnc2-c2ccccc2Cl)c1. The van der Waals surface area contributed by atoms with Crippen molar-refractivity contribution in [3.05, 3.63) is 58.6 Å². The van der Waals surface area contributed by atoms with E-state index in [2.05, 4.69) is 28.4 Å². The van der Waals surface area contributed by atoms with Gasteiger partial charge in [-0.1, -0.05) is 47.6 Å². The molecule has 0 atom stereocenters. The number of nitrogens with zero attached hydrogens (tertiary/aromatic N) is 3. The van der Waals surface area contributed by atoms with Crippen LogP contribution < -0.4 is 5.14 Å². The third kappa shape index (κ3) is 4.94. The Bertz CT molecular complexity index is 1100. The van der Waals surface area contributed by atoms with Crippen LogP contribution in [0.2, 0.25) is 5.02 Å². The van der Waals surface area contributed by atoms with Crippen LogP contribution in [0.3, 0.4) is 0 Å². The van der Waals surface area contributed by atoms with E-state index >= 15 is 0 Å². The summed E-state index contributed by atoms with van der Waals surface area (Å²) < 4.78 is 24.3. The smallest absolute Gasteiger partial charge is 0.209 e. The van der Waals surface area contributed by atoms with E-state index in [0.29, 0.717) is 28.2 Å². The zero-order valence-corrected chi connectivity index (χ0v) is 18.0. The molecule has 0 bridgehead atoms. The number of halogens is 1. The van der Waals surface area contributed by atoms with Gasteiger partial charge in [0.1, 0.15) is 0 Å². The summed E-state index contributed by atoms with van der Waals surface area (Å²) in [6, 6.07) is 13.7. The number of benzene rings is 2. The second-order valence-corrected chi connectivity index (χ2v) is 9.68. The van der Waals surface area contributed by atoms with Gasteiger partial charge in [0.2, 0.25) is 10.0 Å². The van der Waals surface area contributed by atoms with Gasteiger partial charge in [-0.25, -0.2) is 13.6 Å². The molecule has 9 heteroatoms. The van der Waals surface area contributed by atoms with Crippen molar-refractivity contribution in [3.8, 4) is 17.1 Å². The Kier molecular flexibility index (Phi) is 6.44. The summed E-state index contributed by atoms with van der Waals surface area (Å²) in [7, 11) is -3.47. The molecule has 28 heavy (non-hydrogen) atoms. The highest BCUT2D eigenvalue weighted by atomic mass is 35.5. The van der Waals surface area contributed by atoms with E-state index in [-0.39, 0.29) is 5.75 Å². The largest absolute Gasteiger partial charge is 0.270 e. The number of thioether (sulfide) groups is 1. The molecule has 0 aliphatic heterocycles. The minimum absolute atomic E-state index is 0.0605. The summed E-state index contributed by atoms with van der Waals surface area (Å²) in [4.78, 5) is 0. The van der Waals surface area contributed by atoms with Gasteiger partial charge < -0.3 is 0 Å². The molecule has 148 valence electrons. The van der Waals surface area contributed by atoms with Crippen molar-refractivity contribution in [2.24, 2.45) is 5.14 Å². The average Bonchev–Trinajstić information content (AvgIpc) is 3.04. The number of primary sulfonamides is 1. The zero-order chi connectivity index (χ0) is 20.3. The van der Waals surface area contributed by atoms with Crippen LogP contribution in [0.5, 0.6) is 0 Å². The van der Waals surface area contributed by atoms with Crippen LogP contribution in [0.4, 0.5) is 0 Å². The van der Waals surface area contributed by atoms with Crippen LogP contribution in [0, 0.1) is 13.8 Å². The first kappa shape index (κ1) is 20.9. The Balaban J connectivity index is 2.03. The predicted molar refractivity (Wildman–Crippen MR) is 115 cm³/mol. The molecule has 6 nitrogen and oxygen atoms in total. The molecule has 0 fully saturated rings. The lowest BCUT2D eigenvalue weighted by Gasteiger charge is -2.14. The number of aromatic nitrogens is 3. The number of hydrogen-bond acceptors (Lipinski definition) is 5. The first-order chi connectivity index (χ1) is 13.3. The van der Waals surface area contributed by atoms with Crippen LogP contribution in [0.15, 0.2) is 47.6 Å². The first-order valence-corrected chi connectivity index (χ1v) is 11.8. The minimum atomic E-state index is -3.47. The summed E-state index contributed by atoms with van der Waals surface area (Å²) in [5.74, 6) is 1.14. The van der Waals surface area contributed by atoms with Crippen LogP contribution in [0.25, 0.3) is 17.1 Å². The molecule has 2 aromatic carbocycles. The quantitative estimate of drug-likeness (QED) is 0.447. The van der Waals surface area contributed by atoms with Gasteiger partial charge in [0.15, 0.2) is 11.0 Å². The van der Waals surface area contributed by atoms with Crippen molar-refractivity contribution >= 4 is 33.4 Å². The van der Waals surface area contributed by atoms with Crippen molar-refractivity contribution in [2.45, 2.75) is 25.4 Å². The maximum Gasteiger partial charge on any atom is 0.209 e. The predicted octanol–water partition coefficient (Wildman–Crippen LogP) is 3.98. The molecule has 3 rings (SSSR count). The molecule has 0 amide bonds. The average molecular weight is 437 g/mol. The number of rotatable bonds is 7. The van der Waals surface area contributed by atoms with Crippen LogP contribution >= 0.6 is 23.4 Å². The highest BCUT2D eigenvalue weighted by molar-refractivity contribution is 7.99. The highest BCUT2D eigenvalue weighted by Crippen LogP contribution is 2.33. The summed E-state index contributed by atoms with van der Waals surface area (Å²) in [5.41, 5.74) is 3.94. The van der Waals surface area contributed by atoms with Crippen LogP contribution in [-0.2, 0) is 10.0 Å². The molecule has 1 heterocycles. The van der Waals surface area contributed by atoms with Gasteiger partial charge in [-0.2, -0.15) is 0 Å². The minimum Gasteiger partial charge on any atom is -0.270 e. The van der Waals surface area contributed by atoms with Gasteiger partial charge in [0.05, 0.1) is 16.5 Å². The van der Waals surface area contributed by atoms with Crippen molar-refractivity contribution < 1.29 is 8.42 Å². The molecule has 2 N–H and O–H groups in total. The lowest BCUT2D eigenvalue weighted by atomic mass is 10.1. The van der Waals surface area contributed by atoms with E-state index in [1.54, 1.807) is 0 Å². The van der Waals surface area contributed by atoms with Crippen LogP contribution in [-0.4, -0.2) is 34.7 Å². The normalized spacial score (nSPS) is 11.7. The zero-order valence-electron chi connectivity index (χ0n) is 15.6. The third-order valence-corrected chi connectivity index (χ3v) is 6.36. The molecule has 0 aliphatic rings. The molecule has 0 aliphatic carbocycles. The van der Waals surface area contributed by atoms with E-state index in [4.69, 9.17) is 16.7 Å². The Hall–Kier alpha value is -1.87. The van der Waals surface area contributed by atoms with Crippen molar-refractivity contribution in [3.63, 3.8) is 0 Å². The van der Waals surface area contributed by atoms with Gasteiger partial charge in [-0.05, 0) is 49.6 Å². The number of nitrogens with two attached hydrogens (primary N) is 1. The van der Waals surface area contributed by atoms with Crippen molar-refractivity contribution in [1.29, 1.82) is 0 Å². The van der Waals surface area contributed by atoms with E-state index in [1.165, 1.54) is 11.8 Å². The van der Waals surface area contributed by atoms with E-state index < -0.39 is 10.0 Å². The fourth-order valence-corrected chi connectivity index (χ4v) is 4.61. The van der Waals surface area contributed by atoms with Gasteiger partial charge in [0.25, 0.3) is 0 Å². The fourth-order valence-electron chi connectivity index (χ4n) is 2.78. The van der Waals surface area contributed by atoms with Crippen molar-refractivity contribution in [2.75, 3.05) is 11.5 Å². The molecule has 0 saturated carbocycles. The Morgan fingerprint density at radius 1 is 1.14 bits per heavy atom. The van der Waals surface area contributed by atoms with E-state index in [0.717, 1.165) is 22.4 Å². The molecular weight excluding hydrogens is 416 g/mol. The third-order valence-electron chi connectivity index (χ3n) is 4.16. The first-order valence-electron chi connectivity index (χ1n) is 8.67. The topological polar surface area (TPSA) is 90.9 Å². The molecule has 0 radical (unpaired) electrons. The lowest BCUT2D eigenvalue weighted by molar-refractivity contribution is 0.596. The Morgan fingerprint density at radius 3 is 2.61 bits per heavy atom. The van der Waals surface area contributed by atoms with Crippen molar-refractivity contribution in [1.82, 2.24) is 14.8 Å². The van der Waals surface area contributed by atoms with Gasteiger partial charge in [-0.15, -0.1) is 10.2 Å². The Labute approximate surface area is 174 Å². The van der Waals surface area contributed by atoms with Gasteiger partial charge in [-0.3, -0.25) is 4.57 Å². The Morgan fingerprint density at radius 2 is 1.89 bits per heavy atom. The lowest BCUT2D eigenvalue weighted by Crippen LogP contribution is -2.16. The van der Waals surface area contributed by atoms with Gasteiger partial charge in [0, 0.05) is 11.3 Å². The number of hydrogen-bond donors (Lipinski definition) is 1. The summed E-state index contributed by atoms with van der Waals surface area (Å²) in [6.07, 6.45) is 0.435. The fraction of sp³-hybridized carbons (Fsp3) is 0.263. The molecule has 0 unspecified atom stereocenters. The second kappa shape index (κ2) is 8.65. The van der Waals surface area contributed by atoms with E-state index in [9.17, 15) is 8.42 Å². The maximum atomic E-state index is 11.2.